The third kappa shape index (κ3) is 2.33. The highest BCUT2D eigenvalue weighted by molar-refractivity contribution is 7.07. The second-order valence-corrected chi connectivity index (χ2v) is 7.78. The van der Waals surface area contributed by atoms with Crippen molar-refractivity contribution < 1.29 is 9.13 Å². The summed E-state index contributed by atoms with van der Waals surface area (Å²) in [5.41, 5.74) is 1.06. The third-order valence-electron chi connectivity index (χ3n) is 4.83. The minimum Gasteiger partial charge on any atom is -0.466 e. The van der Waals surface area contributed by atoms with Crippen molar-refractivity contribution in [1.82, 2.24) is 4.57 Å². The van der Waals surface area contributed by atoms with Gasteiger partial charge in [0.1, 0.15) is 11.6 Å². The van der Waals surface area contributed by atoms with Crippen LogP contribution in [0.2, 0.25) is 0 Å². The van der Waals surface area contributed by atoms with E-state index in [9.17, 15) is 9.18 Å². The monoisotopic (exact) mass is 366 g/mol. The molecule has 0 spiro atoms. The molecule has 6 heteroatoms. The number of hydrogen-bond acceptors (Lipinski definition) is 4. The lowest BCUT2D eigenvalue weighted by molar-refractivity contribution is 0.0410. The summed E-state index contributed by atoms with van der Waals surface area (Å²) in [5, 5.41) is 0. The third-order valence-corrected chi connectivity index (χ3v) is 5.81. The first kappa shape index (κ1) is 15.5. The number of ether oxygens (including phenoxy) is 1. The molecule has 0 saturated heterocycles. The van der Waals surface area contributed by atoms with Crippen LogP contribution in [0.25, 0.3) is 6.08 Å². The van der Waals surface area contributed by atoms with Crippen molar-refractivity contribution in [2.45, 2.75) is 25.1 Å². The van der Waals surface area contributed by atoms with Gasteiger partial charge in [-0.1, -0.05) is 41.7 Å². The van der Waals surface area contributed by atoms with Crippen LogP contribution in [-0.2, 0) is 0 Å². The summed E-state index contributed by atoms with van der Waals surface area (Å²) in [4.78, 5) is 18.4. The first-order chi connectivity index (χ1) is 12.5. The lowest BCUT2D eigenvalue weighted by Crippen LogP contribution is -2.49. The molecule has 0 saturated carbocycles. The second-order valence-electron chi connectivity index (χ2n) is 6.77. The molecule has 4 nitrogen and oxygen atoms in total. The lowest BCUT2D eigenvalue weighted by atomic mass is 9.93. The van der Waals surface area contributed by atoms with Crippen molar-refractivity contribution in [2.75, 3.05) is 0 Å². The molecule has 2 aromatic carbocycles. The Hall–Kier alpha value is -2.73. The molecule has 2 atom stereocenters. The van der Waals surface area contributed by atoms with Gasteiger partial charge in [0.2, 0.25) is 5.72 Å². The number of nitrogens with zero attached hydrogens (tertiary/aromatic N) is 2. The van der Waals surface area contributed by atoms with Crippen molar-refractivity contribution in [1.29, 1.82) is 0 Å². The van der Waals surface area contributed by atoms with E-state index in [4.69, 9.17) is 9.73 Å². The number of thiazole rings is 1. The van der Waals surface area contributed by atoms with Gasteiger partial charge in [0.05, 0.1) is 10.6 Å². The Morgan fingerprint density at radius 3 is 2.85 bits per heavy atom. The van der Waals surface area contributed by atoms with Gasteiger partial charge < -0.3 is 4.74 Å². The molecular weight excluding hydrogens is 351 g/mol. The van der Waals surface area contributed by atoms with Crippen LogP contribution in [0, 0.1) is 5.82 Å². The molecule has 0 amide bonds. The summed E-state index contributed by atoms with van der Waals surface area (Å²) in [6.45, 7) is 1.95. The number of hydrogen-bond donors (Lipinski definition) is 0. The first-order valence-corrected chi connectivity index (χ1v) is 9.21. The molecule has 0 fully saturated rings. The van der Waals surface area contributed by atoms with Crippen LogP contribution in [0.15, 0.2) is 58.3 Å². The Labute approximate surface area is 152 Å². The van der Waals surface area contributed by atoms with E-state index in [1.165, 1.54) is 23.5 Å². The van der Waals surface area contributed by atoms with Gasteiger partial charge in [-0.2, -0.15) is 0 Å². The van der Waals surface area contributed by atoms with Crippen LogP contribution in [0.1, 0.15) is 30.5 Å². The average Bonchev–Trinajstić information content (AvgIpc) is 2.91. The van der Waals surface area contributed by atoms with Crippen molar-refractivity contribution in [3.05, 3.63) is 85.2 Å². The summed E-state index contributed by atoms with van der Waals surface area (Å²) in [6, 6.07) is 13.8. The topological polar surface area (TPSA) is 43.6 Å². The minimum absolute atomic E-state index is 0.0678. The molecule has 0 N–H and O–H groups in total. The Morgan fingerprint density at radius 1 is 1.27 bits per heavy atom. The molecule has 5 rings (SSSR count). The van der Waals surface area contributed by atoms with Crippen LogP contribution in [0.3, 0.4) is 0 Å². The van der Waals surface area contributed by atoms with Gasteiger partial charge in [-0.25, -0.2) is 9.38 Å². The maximum absolute atomic E-state index is 13.1. The van der Waals surface area contributed by atoms with E-state index < -0.39 is 5.72 Å². The molecule has 3 aromatic rings. The van der Waals surface area contributed by atoms with E-state index >= 15 is 0 Å². The predicted octanol–water partition coefficient (Wildman–Crippen LogP) is 2.60. The van der Waals surface area contributed by atoms with Gasteiger partial charge in [0.25, 0.3) is 5.56 Å². The fourth-order valence-electron chi connectivity index (χ4n) is 3.65. The molecule has 1 aromatic heterocycles. The highest BCUT2D eigenvalue weighted by Gasteiger charge is 2.42. The fraction of sp³-hybridized carbons (Fsp3) is 0.200. The van der Waals surface area contributed by atoms with E-state index in [0.717, 1.165) is 16.9 Å². The highest BCUT2D eigenvalue weighted by Crippen LogP contribution is 2.42. The molecule has 26 heavy (non-hydrogen) atoms. The van der Waals surface area contributed by atoms with Crippen LogP contribution in [-0.4, -0.2) is 10.3 Å². The van der Waals surface area contributed by atoms with Crippen molar-refractivity contribution in [3.63, 3.8) is 0 Å². The molecule has 0 radical (unpaired) electrons. The Morgan fingerprint density at radius 2 is 2.04 bits per heavy atom. The normalized spacial score (nSPS) is 23.6. The molecule has 2 unspecified atom stereocenters. The van der Waals surface area contributed by atoms with Gasteiger partial charge in [0, 0.05) is 12.0 Å². The SMILES string of the molecule is CC12CC(c3ccccc3O1)n1c(s/c(=C\c3ccc(F)cc3)c1=O)=N2. The smallest absolute Gasteiger partial charge is 0.270 e. The molecule has 0 aliphatic carbocycles. The molecule has 3 heterocycles. The van der Waals surface area contributed by atoms with E-state index in [2.05, 4.69) is 0 Å². The van der Waals surface area contributed by atoms with Gasteiger partial charge in [-0.3, -0.25) is 9.36 Å². The summed E-state index contributed by atoms with van der Waals surface area (Å²) in [5.74, 6) is 0.484. The van der Waals surface area contributed by atoms with E-state index in [1.807, 2.05) is 31.2 Å². The zero-order chi connectivity index (χ0) is 17.9. The number of halogens is 1. The summed E-state index contributed by atoms with van der Waals surface area (Å²) < 4.78 is 21.6. The Kier molecular flexibility index (Phi) is 3.21. The fourth-order valence-corrected chi connectivity index (χ4v) is 4.77. The molecule has 2 aliphatic heterocycles. The van der Waals surface area contributed by atoms with E-state index in [1.54, 1.807) is 22.8 Å². The number of fused-ring (bicyclic) bond motifs is 6. The molecule has 130 valence electrons. The van der Waals surface area contributed by atoms with Crippen LogP contribution >= 0.6 is 11.3 Å². The maximum atomic E-state index is 13.1. The highest BCUT2D eigenvalue weighted by atomic mass is 32.1. The van der Waals surface area contributed by atoms with Crippen LogP contribution < -0.4 is 19.6 Å². The first-order valence-electron chi connectivity index (χ1n) is 8.39. The quantitative estimate of drug-likeness (QED) is 0.664. The zero-order valence-electron chi connectivity index (χ0n) is 14.0. The summed E-state index contributed by atoms with van der Waals surface area (Å²) in [6.07, 6.45) is 2.41. The standard InChI is InChI=1S/C20H15FN2O2S/c1-20-11-15(14-4-2-3-5-16(14)25-20)23-18(24)17(26-19(23)22-20)10-12-6-8-13(21)9-7-12/h2-10,15H,11H2,1H3/b17-10-. The maximum Gasteiger partial charge on any atom is 0.270 e. The Balaban J connectivity index is 1.74. The van der Waals surface area contributed by atoms with E-state index in [0.29, 0.717) is 15.8 Å². The van der Waals surface area contributed by atoms with Crippen LogP contribution in [0.5, 0.6) is 5.75 Å². The molecule has 2 aliphatic rings. The number of para-hydroxylation sites is 1. The summed E-state index contributed by atoms with van der Waals surface area (Å²) >= 11 is 1.35. The zero-order valence-corrected chi connectivity index (χ0v) is 14.8. The average molecular weight is 366 g/mol. The van der Waals surface area contributed by atoms with Gasteiger partial charge in [0.15, 0.2) is 4.80 Å². The van der Waals surface area contributed by atoms with Crippen LogP contribution in [0.4, 0.5) is 4.39 Å². The molecule has 2 bridgehead atoms. The predicted molar refractivity (Wildman–Crippen MR) is 97.6 cm³/mol. The van der Waals surface area contributed by atoms with Gasteiger partial charge in [-0.05, 0) is 36.8 Å². The van der Waals surface area contributed by atoms with Crippen molar-refractivity contribution in [3.8, 4) is 5.75 Å². The number of rotatable bonds is 1. The van der Waals surface area contributed by atoms with E-state index in [-0.39, 0.29) is 17.4 Å². The minimum atomic E-state index is -0.663. The van der Waals surface area contributed by atoms with Crippen molar-refractivity contribution >= 4 is 17.4 Å². The lowest BCUT2D eigenvalue weighted by Gasteiger charge is -2.39. The van der Waals surface area contributed by atoms with Gasteiger partial charge in [-0.15, -0.1) is 0 Å². The molecular formula is C20H15FN2O2S. The largest absolute Gasteiger partial charge is 0.466 e. The van der Waals surface area contributed by atoms with Crippen molar-refractivity contribution in [2.24, 2.45) is 4.99 Å². The summed E-state index contributed by atoms with van der Waals surface area (Å²) in [7, 11) is 0. The number of benzene rings is 2. The number of aromatic nitrogens is 1. The second kappa shape index (κ2) is 5.38. The van der Waals surface area contributed by atoms with Gasteiger partial charge >= 0.3 is 0 Å². The Bertz CT molecular complexity index is 1200.